The van der Waals surface area contributed by atoms with Crippen LogP contribution in [-0.2, 0) is 16.1 Å². The highest BCUT2D eigenvalue weighted by Crippen LogP contribution is 2.09. The molecule has 0 fully saturated rings. The molecule has 1 aromatic rings. The molecular weight excluding hydrogens is 274 g/mol. The molecule has 0 heterocycles. The van der Waals surface area contributed by atoms with E-state index in [1.54, 1.807) is 0 Å². The summed E-state index contributed by atoms with van der Waals surface area (Å²) in [5, 5.41) is 18.2. The van der Waals surface area contributed by atoms with Crippen LogP contribution >= 0.6 is 0 Å². The standard InChI is InChI=1S/C10H11N3O7/c11-10(14)8-3-1-7(2-4-8)5-9(20-13(17)18)6-19-12(15)16/h1-4,9H,5-6H2,(H2,11,14). The number of carbonyl (C=O) groups excluding carboxylic acids is 1. The second-order valence-electron chi connectivity index (χ2n) is 3.74. The lowest BCUT2D eigenvalue weighted by Crippen LogP contribution is -2.26. The maximum Gasteiger partial charge on any atom is 0.294 e. The maximum absolute atomic E-state index is 10.9. The van der Waals surface area contributed by atoms with Crippen LogP contribution in [0.15, 0.2) is 24.3 Å². The molecule has 108 valence electrons. The Morgan fingerprint density at radius 1 is 1.20 bits per heavy atom. The monoisotopic (exact) mass is 285 g/mol. The Morgan fingerprint density at radius 3 is 2.25 bits per heavy atom. The quantitative estimate of drug-likeness (QED) is 0.526. The summed E-state index contributed by atoms with van der Waals surface area (Å²) < 4.78 is 0. The van der Waals surface area contributed by atoms with Gasteiger partial charge in [-0.3, -0.25) is 4.79 Å². The van der Waals surface area contributed by atoms with Gasteiger partial charge in [0, 0.05) is 12.0 Å². The molecule has 0 aliphatic rings. The van der Waals surface area contributed by atoms with Gasteiger partial charge in [0.2, 0.25) is 5.91 Å². The minimum absolute atomic E-state index is 0.00780. The summed E-state index contributed by atoms with van der Waals surface area (Å²) in [6, 6.07) is 5.91. The Morgan fingerprint density at radius 2 is 1.80 bits per heavy atom. The van der Waals surface area contributed by atoms with E-state index in [-0.39, 0.29) is 12.0 Å². The third kappa shape index (κ3) is 5.16. The lowest BCUT2D eigenvalue weighted by molar-refractivity contribution is -0.789. The Bertz CT molecular complexity index is 502. The largest absolute Gasteiger partial charge is 0.366 e. The van der Waals surface area contributed by atoms with E-state index >= 15 is 0 Å². The van der Waals surface area contributed by atoms with Gasteiger partial charge in [-0.2, -0.15) is 0 Å². The van der Waals surface area contributed by atoms with Crippen molar-refractivity contribution in [3.63, 3.8) is 0 Å². The van der Waals surface area contributed by atoms with Crippen LogP contribution in [0.5, 0.6) is 0 Å². The van der Waals surface area contributed by atoms with Crippen molar-refractivity contribution in [1.82, 2.24) is 0 Å². The van der Waals surface area contributed by atoms with Gasteiger partial charge in [-0.25, -0.2) is 0 Å². The van der Waals surface area contributed by atoms with Crippen molar-refractivity contribution in [2.75, 3.05) is 6.61 Å². The van der Waals surface area contributed by atoms with Crippen molar-refractivity contribution in [3.8, 4) is 0 Å². The zero-order valence-corrected chi connectivity index (χ0v) is 10.1. The van der Waals surface area contributed by atoms with Crippen LogP contribution in [0, 0.1) is 20.2 Å². The smallest absolute Gasteiger partial charge is 0.294 e. The van der Waals surface area contributed by atoms with Gasteiger partial charge in [-0.1, -0.05) is 12.1 Å². The van der Waals surface area contributed by atoms with Gasteiger partial charge in [-0.05, 0) is 17.7 Å². The molecule has 20 heavy (non-hydrogen) atoms. The predicted octanol–water partition coefficient (Wildman–Crippen LogP) is 0.113. The van der Waals surface area contributed by atoms with Crippen LogP contribution in [0.25, 0.3) is 0 Å². The van der Waals surface area contributed by atoms with E-state index in [1.807, 2.05) is 0 Å². The molecule has 1 amide bonds. The molecule has 0 bridgehead atoms. The second-order valence-corrected chi connectivity index (χ2v) is 3.74. The second kappa shape index (κ2) is 6.87. The molecule has 1 aromatic carbocycles. The van der Waals surface area contributed by atoms with E-state index in [9.17, 15) is 25.0 Å². The van der Waals surface area contributed by atoms with Crippen LogP contribution in [-0.4, -0.2) is 28.8 Å². The highest BCUT2D eigenvalue weighted by atomic mass is 17.0. The molecular formula is C10H11N3O7. The van der Waals surface area contributed by atoms with Gasteiger partial charge in [0.05, 0.1) is 0 Å². The molecule has 0 aliphatic heterocycles. The van der Waals surface area contributed by atoms with E-state index in [4.69, 9.17) is 5.73 Å². The first kappa shape index (κ1) is 15.1. The average Bonchev–Trinajstić information content (AvgIpc) is 2.36. The molecule has 1 rings (SSSR count). The number of hydrogen-bond acceptors (Lipinski definition) is 7. The summed E-state index contributed by atoms with van der Waals surface area (Å²) >= 11 is 0. The maximum atomic E-state index is 10.9. The van der Waals surface area contributed by atoms with Crippen LogP contribution in [0.4, 0.5) is 0 Å². The molecule has 10 heteroatoms. The van der Waals surface area contributed by atoms with Gasteiger partial charge < -0.3 is 15.4 Å². The van der Waals surface area contributed by atoms with Crippen LogP contribution in [0.2, 0.25) is 0 Å². The summed E-state index contributed by atoms with van der Waals surface area (Å²) in [7, 11) is 0. The Kier molecular flexibility index (Phi) is 5.21. The first-order valence-electron chi connectivity index (χ1n) is 5.35. The Labute approximate surface area is 112 Å². The molecule has 0 aliphatic carbocycles. The summed E-state index contributed by atoms with van der Waals surface area (Å²) in [5.74, 6) is -0.605. The normalized spacial score (nSPS) is 11.4. The molecule has 10 nitrogen and oxygen atoms in total. The van der Waals surface area contributed by atoms with Crippen molar-refractivity contribution in [2.45, 2.75) is 12.5 Å². The van der Waals surface area contributed by atoms with E-state index < -0.39 is 28.8 Å². The van der Waals surface area contributed by atoms with Crippen molar-refractivity contribution in [1.29, 1.82) is 0 Å². The molecule has 0 saturated carbocycles. The molecule has 0 saturated heterocycles. The average molecular weight is 285 g/mol. The van der Waals surface area contributed by atoms with E-state index in [0.29, 0.717) is 5.56 Å². The topological polar surface area (TPSA) is 148 Å². The fraction of sp³-hybridized carbons (Fsp3) is 0.300. The molecule has 2 N–H and O–H groups in total. The number of primary amides is 1. The summed E-state index contributed by atoms with van der Waals surface area (Å²) in [4.78, 5) is 39.6. The number of carbonyl (C=O) groups is 1. The number of amides is 1. The highest BCUT2D eigenvalue weighted by molar-refractivity contribution is 5.92. The van der Waals surface area contributed by atoms with E-state index in [1.165, 1.54) is 24.3 Å². The van der Waals surface area contributed by atoms with Crippen LogP contribution < -0.4 is 5.73 Å². The number of rotatable bonds is 8. The minimum atomic E-state index is -1.13. The number of nitrogens with zero attached hydrogens (tertiary/aromatic N) is 2. The molecule has 1 unspecified atom stereocenters. The van der Waals surface area contributed by atoms with Crippen molar-refractivity contribution < 1.29 is 24.6 Å². The first-order valence-corrected chi connectivity index (χ1v) is 5.35. The predicted molar refractivity (Wildman–Crippen MR) is 63.5 cm³/mol. The van der Waals surface area contributed by atoms with Gasteiger partial charge in [0.1, 0.15) is 12.7 Å². The third-order valence-corrected chi connectivity index (χ3v) is 2.30. The van der Waals surface area contributed by atoms with Gasteiger partial charge in [0.15, 0.2) is 0 Å². The SMILES string of the molecule is NC(=O)c1ccc(CC(CO[N+](=O)[O-])O[N+](=O)[O-])cc1. The lowest BCUT2D eigenvalue weighted by atomic mass is 10.1. The Balaban J connectivity index is 2.69. The highest BCUT2D eigenvalue weighted by Gasteiger charge is 2.16. The van der Waals surface area contributed by atoms with Crippen molar-refractivity contribution in [3.05, 3.63) is 55.6 Å². The fourth-order valence-electron chi connectivity index (χ4n) is 1.46. The molecule has 0 aromatic heterocycles. The minimum Gasteiger partial charge on any atom is -0.366 e. The number of benzene rings is 1. The van der Waals surface area contributed by atoms with Gasteiger partial charge in [-0.15, -0.1) is 20.2 Å². The fourth-order valence-corrected chi connectivity index (χ4v) is 1.46. The van der Waals surface area contributed by atoms with Gasteiger partial charge >= 0.3 is 0 Å². The van der Waals surface area contributed by atoms with Crippen molar-refractivity contribution >= 4 is 5.91 Å². The lowest BCUT2D eigenvalue weighted by Gasteiger charge is -2.13. The zero-order valence-electron chi connectivity index (χ0n) is 10.1. The zero-order chi connectivity index (χ0) is 15.1. The number of hydrogen-bond donors (Lipinski definition) is 1. The molecule has 0 spiro atoms. The summed E-state index contributed by atoms with van der Waals surface area (Å²) in [5.41, 5.74) is 5.92. The van der Waals surface area contributed by atoms with Crippen LogP contribution in [0.1, 0.15) is 15.9 Å². The van der Waals surface area contributed by atoms with Gasteiger partial charge in [0.25, 0.3) is 10.2 Å². The third-order valence-electron chi connectivity index (χ3n) is 2.30. The summed E-state index contributed by atoms with van der Waals surface area (Å²) in [6.07, 6.45) is -1.12. The van der Waals surface area contributed by atoms with Crippen molar-refractivity contribution in [2.24, 2.45) is 5.73 Å². The molecule has 0 radical (unpaired) electrons. The van der Waals surface area contributed by atoms with E-state index in [0.717, 1.165) is 0 Å². The van der Waals surface area contributed by atoms with Crippen LogP contribution in [0.3, 0.4) is 0 Å². The number of nitrogens with two attached hydrogens (primary N) is 1. The first-order chi connectivity index (χ1) is 9.38. The Hall–Kier alpha value is -2.91. The molecule has 1 atom stereocenters. The van der Waals surface area contributed by atoms with E-state index in [2.05, 4.69) is 9.68 Å². The summed E-state index contributed by atoms with van der Waals surface area (Å²) in [6.45, 7) is -0.578.